The first-order valence-electron chi connectivity index (χ1n) is 9.58. The number of fused-ring (bicyclic) bond motifs is 2. The second-order valence-electron chi connectivity index (χ2n) is 7.54. The quantitative estimate of drug-likeness (QED) is 0.776. The number of aliphatic imine (C=N–C) groups is 1. The van der Waals surface area contributed by atoms with E-state index in [-0.39, 0.29) is 0 Å². The summed E-state index contributed by atoms with van der Waals surface area (Å²) in [7, 11) is 2.18. The van der Waals surface area contributed by atoms with Crippen LogP contribution in [0.25, 0.3) is 0 Å². The van der Waals surface area contributed by atoms with Gasteiger partial charge in [0.25, 0.3) is 0 Å². The predicted molar refractivity (Wildman–Crippen MR) is 116 cm³/mol. The second kappa shape index (κ2) is 8.87. The van der Waals surface area contributed by atoms with Crippen LogP contribution in [0, 0.1) is 12.8 Å². The van der Waals surface area contributed by atoms with E-state index in [1.165, 1.54) is 15.4 Å². The molecule has 1 fully saturated rings. The number of amidine groups is 1. The van der Waals surface area contributed by atoms with E-state index < -0.39 is 0 Å². The minimum atomic E-state index is 0.306. The summed E-state index contributed by atoms with van der Waals surface area (Å²) in [6.45, 7) is 10.7. The van der Waals surface area contributed by atoms with Crippen LogP contribution in [0.2, 0.25) is 0 Å². The standard InChI is InChI=1S/C17H20N4S.C4H10O/c1-12-11-13-16(21-9-7-20(2)8-10-21)18-14-5-3-4-6-15(14)19-17(13)22-12;1-4(2)3-5/h3-6,11,19H,7-10H2,1-2H3;4-5H,3H2,1-2H3. The monoisotopic (exact) mass is 386 g/mol. The molecule has 2 aromatic rings. The molecule has 1 saturated heterocycles. The highest BCUT2D eigenvalue weighted by molar-refractivity contribution is 7.16. The number of aryl methyl sites for hydroxylation is 1. The van der Waals surface area contributed by atoms with E-state index in [4.69, 9.17) is 10.1 Å². The van der Waals surface area contributed by atoms with Crippen LogP contribution in [0.1, 0.15) is 24.3 Å². The Morgan fingerprint density at radius 3 is 2.52 bits per heavy atom. The molecule has 2 aliphatic heterocycles. The van der Waals surface area contributed by atoms with Gasteiger partial charge in [-0.3, -0.25) is 0 Å². The van der Waals surface area contributed by atoms with Gasteiger partial charge in [0.15, 0.2) is 0 Å². The van der Waals surface area contributed by atoms with Gasteiger partial charge in [0, 0.05) is 37.7 Å². The normalized spacial score (nSPS) is 16.5. The number of aliphatic hydroxyl groups is 1. The van der Waals surface area contributed by atoms with Crippen LogP contribution < -0.4 is 5.32 Å². The average molecular weight is 387 g/mol. The molecule has 0 unspecified atom stereocenters. The van der Waals surface area contributed by atoms with E-state index in [1.54, 1.807) is 11.3 Å². The molecule has 5 nitrogen and oxygen atoms in total. The topological polar surface area (TPSA) is 51.1 Å². The first kappa shape index (κ1) is 19.9. The molecular formula is C21H30N4OS. The van der Waals surface area contributed by atoms with Crippen LogP contribution >= 0.6 is 11.3 Å². The Balaban J connectivity index is 0.000000376. The number of rotatable bonds is 1. The van der Waals surface area contributed by atoms with Gasteiger partial charge in [-0.05, 0) is 38.1 Å². The molecule has 0 saturated carbocycles. The Labute approximate surface area is 166 Å². The molecule has 27 heavy (non-hydrogen) atoms. The lowest BCUT2D eigenvalue weighted by Crippen LogP contribution is -2.47. The molecule has 146 valence electrons. The first-order chi connectivity index (χ1) is 13.0. The number of likely N-dealkylation sites (N-methyl/N-ethyl adjacent to an activating group) is 1. The van der Waals surface area contributed by atoms with E-state index in [9.17, 15) is 0 Å². The highest BCUT2D eigenvalue weighted by atomic mass is 32.1. The number of hydrogen-bond donors (Lipinski definition) is 2. The van der Waals surface area contributed by atoms with Gasteiger partial charge in [0.2, 0.25) is 0 Å². The van der Waals surface area contributed by atoms with E-state index in [1.807, 2.05) is 13.8 Å². The van der Waals surface area contributed by atoms with E-state index in [2.05, 4.69) is 59.4 Å². The van der Waals surface area contributed by atoms with Gasteiger partial charge in [-0.1, -0.05) is 26.0 Å². The van der Waals surface area contributed by atoms with Crippen molar-refractivity contribution in [1.82, 2.24) is 9.80 Å². The summed E-state index contributed by atoms with van der Waals surface area (Å²) in [5, 5.41) is 12.9. The van der Waals surface area contributed by atoms with Crippen molar-refractivity contribution in [3.05, 3.63) is 40.8 Å². The van der Waals surface area contributed by atoms with Crippen LogP contribution in [0.3, 0.4) is 0 Å². The molecule has 1 aromatic carbocycles. The van der Waals surface area contributed by atoms with Crippen molar-refractivity contribution in [3.8, 4) is 0 Å². The fourth-order valence-electron chi connectivity index (χ4n) is 3.01. The molecule has 0 atom stereocenters. The molecule has 0 spiro atoms. The highest BCUT2D eigenvalue weighted by Crippen LogP contribution is 2.39. The number of piperazine rings is 1. The summed E-state index contributed by atoms with van der Waals surface area (Å²) in [5.41, 5.74) is 3.36. The third kappa shape index (κ3) is 4.89. The summed E-state index contributed by atoms with van der Waals surface area (Å²) >= 11 is 1.81. The second-order valence-corrected chi connectivity index (χ2v) is 8.80. The number of para-hydroxylation sites is 2. The predicted octanol–water partition coefficient (Wildman–Crippen LogP) is 4.07. The van der Waals surface area contributed by atoms with Crippen molar-refractivity contribution in [2.75, 3.05) is 45.2 Å². The molecule has 1 aromatic heterocycles. The number of nitrogens with zero attached hydrogens (tertiary/aromatic N) is 3. The van der Waals surface area contributed by atoms with Crippen LogP contribution in [0.15, 0.2) is 35.3 Å². The summed E-state index contributed by atoms with van der Waals surface area (Å²) in [6, 6.07) is 10.6. The van der Waals surface area contributed by atoms with Gasteiger partial charge in [-0.15, -0.1) is 11.3 Å². The number of nitrogens with one attached hydrogen (secondary N) is 1. The lowest BCUT2D eigenvalue weighted by atomic mass is 10.2. The number of hydrogen-bond acceptors (Lipinski definition) is 6. The van der Waals surface area contributed by atoms with Crippen LogP contribution in [0.5, 0.6) is 0 Å². The molecule has 0 amide bonds. The molecule has 0 aliphatic carbocycles. The Hall–Kier alpha value is -1.89. The van der Waals surface area contributed by atoms with E-state index >= 15 is 0 Å². The van der Waals surface area contributed by atoms with Crippen molar-refractivity contribution in [1.29, 1.82) is 0 Å². The van der Waals surface area contributed by atoms with Gasteiger partial charge in [0.05, 0.1) is 16.9 Å². The fraction of sp³-hybridized carbons (Fsp3) is 0.476. The molecule has 3 heterocycles. The number of thiophene rings is 1. The van der Waals surface area contributed by atoms with Crippen molar-refractivity contribution in [2.45, 2.75) is 20.8 Å². The van der Waals surface area contributed by atoms with Crippen LogP contribution in [0.4, 0.5) is 16.4 Å². The molecule has 0 radical (unpaired) electrons. The maximum absolute atomic E-state index is 8.14. The largest absolute Gasteiger partial charge is 0.396 e. The third-order valence-corrected chi connectivity index (χ3v) is 5.61. The van der Waals surface area contributed by atoms with Gasteiger partial charge < -0.3 is 20.2 Å². The Kier molecular flexibility index (Phi) is 6.52. The fourth-order valence-corrected chi connectivity index (χ4v) is 3.93. The highest BCUT2D eigenvalue weighted by Gasteiger charge is 2.25. The van der Waals surface area contributed by atoms with Gasteiger partial charge >= 0.3 is 0 Å². The van der Waals surface area contributed by atoms with Gasteiger partial charge in [0.1, 0.15) is 10.8 Å². The van der Waals surface area contributed by atoms with Crippen molar-refractivity contribution in [3.63, 3.8) is 0 Å². The number of aliphatic hydroxyl groups excluding tert-OH is 1. The Morgan fingerprint density at radius 2 is 1.85 bits per heavy atom. The van der Waals surface area contributed by atoms with Crippen molar-refractivity contribution in [2.24, 2.45) is 10.9 Å². The zero-order chi connectivity index (χ0) is 19.4. The van der Waals surface area contributed by atoms with E-state index in [0.29, 0.717) is 12.5 Å². The lowest BCUT2D eigenvalue weighted by molar-refractivity contribution is 0.216. The van der Waals surface area contributed by atoms with Crippen LogP contribution in [-0.4, -0.2) is 60.6 Å². The average Bonchev–Trinajstić information content (AvgIpc) is 2.95. The lowest BCUT2D eigenvalue weighted by Gasteiger charge is -2.34. The minimum absolute atomic E-state index is 0.306. The van der Waals surface area contributed by atoms with Gasteiger partial charge in [-0.2, -0.15) is 0 Å². The molecule has 0 bridgehead atoms. The van der Waals surface area contributed by atoms with Gasteiger partial charge in [-0.25, -0.2) is 4.99 Å². The first-order valence-corrected chi connectivity index (χ1v) is 10.4. The van der Waals surface area contributed by atoms with E-state index in [0.717, 1.165) is 43.4 Å². The Morgan fingerprint density at radius 1 is 1.19 bits per heavy atom. The van der Waals surface area contributed by atoms with Crippen molar-refractivity contribution >= 4 is 33.5 Å². The molecule has 6 heteroatoms. The summed E-state index contributed by atoms with van der Waals surface area (Å²) < 4.78 is 0. The molecule has 2 aliphatic rings. The van der Waals surface area contributed by atoms with Crippen molar-refractivity contribution < 1.29 is 5.11 Å². The Bertz CT molecular complexity index is 791. The number of anilines is 2. The maximum Gasteiger partial charge on any atom is 0.139 e. The molecular weight excluding hydrogens is 356 g/mol. The third-order valence-electron chi connectivity index (χ3n) is 4.64. The smallest absolute Gasteiger partial charge is 0.139 e. The summed E-state index contributed by atoms with van der Waals surface area (Å²) in [4.78, 5) is 11.1. The summed E-state index contributed by atoms with van der Waals surface area (Å²) in [6.07, 6.45) is 0. The molecule has 4 rings (SSSR count). The summed E-state index contributed by atoms with van der Waals surface area (Å²) in [5.74, 6) is 1.56. The zero-order valence-electron chi connectivity index (χ0n) is 16.7. The van der Waals surface area contributed by atoms with Crippen LogP contribution in [-0.2, 0) is 0 Å². The number of benzene rings is 1. The molecule has 2 N–H and O–H groups in total. The SMILES string of the molecule is CC(C)CO.Cc1cc2c(s1)Nc1ccccc1N=C2N1CCN(C)CC1. The minimum Gasteiger partial charge on any atom is -0.396 e. The maximum atomic E-state index is 8.14. The zero-order valence-corrected chi connectivity index (χ0v) is 17.5.